The molecule has 102 valence electrons. The van der Waals surface area contributed by atoms with Crippen molar-refractivity contribution in [2.24, 2.45) is 5.73 Å². The molecule has 0 spiro atoms. The van der Waals surface area contributed by atoms with E-state index in [1.807, 2.05) is 6.07 Å². The third kappa shape index (κ3) is 3.38. The van der Waals surface area contributed by atoms with Gasteiger partial charge in [0.05, 0.1) is 5.56 Å². The zero-order valence-electron chi connectivity index (χ0n) is 10.2. The predicted molar refractivity (Wildman–Crippen MR) is 66.5 cm³/mol. The first-order valence-electron chi connectivity index (χ1n) is 5.97. The summed E-state index contributed by atoms with van der Waals surface area (Å²) in [5.74, 6) is 1.36. The van der Waals surface area contributed by atoms with Gasteiger partial charge in [0, 0.05) is 12.0 Å². The van der Waals surface area contributed by atoms with Gasteiger partial charge in [0.25, 0.3) is 0 Å². The molecular weight excluding hydrogens is 255 g/mol. The summed E-state index contributed by atoms with van der Waals surface area (Å²) in [6.45, 7) is 0.580. The van der Waals surface area contributed by atoms with E-state index in [0.29, 0.717) is 17.9 Å². The van der Waals surface area contributed by atoms with Crippen LogP contribution in [0.3, 0.4) is 0 Å². The van der Waals surface area contributed by atoms with Crippen molar-refractivity contribution in [2.75, 3.05) is 6.54 Å². The van der Waals surface area contributed by atoms with Gasteiger partial charge in [0.1, 0.15) is 11.5 Å². The van der Waals surface area contributed by atoms with E-state index >= 15 is 0 Å². The third-order valence-corrected chi connectivity index (χ3v) is 2.79. The Balaban J connectivity index is 2.16. The Kier molecular flexibility index (Phi) is 3.95. The average molecular weight is 269 g/mol. The van der Waals surface area contributed by atoms with Crippen LogP contribution in [0.5, 0.6) is 0 Å². The Morgan fingerprint density at radius 2 is 1.68 bits per heavy atom. The number of halogens is 3. The van der Waals surface area contributed by atoms with Gasteiger partial charge in [-0.1, -0.05) is 12.1 Å². The maximum Gasteiger partial charge on any atom is 0.416 e. The molecule has 2 aromatic rings. The largest absolute Gasteiger partial charge is 0.461 e. The number of aryl methyl sites for hydroxylation is 1. The summed E-state index contributed by atoms with van der Waals surface area (Å²) in [5.41, 5.74) is 5.37. The summed E-state index contributed by atoms with van der Waals surface area (Å²) < 4.78 is 42.9. The molecule has 19 heavy (non-hydrogen) atoms. The van der Waals surface area contributed by atoms with Crippen LogP contribution in [0.25, 0.3) is 11.3 Å². The van der Waals surface area contributed by atoms with Gasteiger partial charge in [-0.3, -0.25) is 0 Å². The van der Waals surface area contributed by atoms with Crippen LogP contribution in [-0.2, 0) is 12.6 Å². The Hall–Kier alpha value is -1.75. The van der Waals surface area contributed by atoms with Crippen LogP contribution in [0.15, 0.2) is 40.8 Å². The van der Waals surface area contributed by atoms with E-state index in [0.717, 1.165) is 30.7 Å². The summed E-state index contributed by atoms with van der Waals surface area (Å²) in [5, 5.41) is 0. The molecular formula is C14H14F3NO. The van der Waals surface area contributed by atoms with E-state index in [2.05, 4.69) is 0 Å². The van der Waals surface area contributed by atoms with Crippen LogP contribution in [0, 0.1) is 0 Å². The van der Waals surface area contributed by atoms with Crippen molar-refractivity contribution in [2.45, 2.75) is 19.0 Å². The lowest BCUT2D eigenvalue weighted by Gasteiger charge is -2.06. The Morgan fingerprint density at radius 1 is 1.00 bits per heavy atom. The summed E-state index contributed by atoms with van der Waals surface area (Å²) in [4.78, 5) is 0. The fourth-order valence-corrected chi connectivity index (χ4v) is 1.77. The van der Waals surface area contributed by atoms with Gasteiger partial charge >= 0.3 is 6.18 Å². The monoisotopic (exact) mass is 269 g/mol. The topological polar surface area (TPSA) is 39.2 Å². The third-order valence-electron chi connectivity index (χ3n) is 2.79. The van der Waals surface area contributed by atoms with Crippen LogP contribution < -0.4 is 5.73 Å². The minimum absolute atomic E-state index is 0.570. The highest BCUT2D eigenvalue weighted by Crippen LogP contribution is 2.31. The molecule has 0 amide bonds. The standard InChI is InChI=1S/C14H14F3NO/c15-14(16,17)11-5-3-10(4-6-11)13-8-7-12(19-13)2-1-9-18/h3-8H,1-2,9,18H2. The van der Waals surface area contributed by atoms with Gasteiger partial charge in [0.15, 0.2) is 0 Å². The molecule has 0 aliphatic heterocycles. The first-order valence-corrected chi connectivity index (χ1v) is 5.97. The van der Waals surface area contributed by atoms with Crippen molar-refractivity contribution in [3.05, 3.63) is 47.7 Å². The molecule has 1 heterocycles. The second-order valence-corrected chi connectivity index (χ2v) is 4.23. The number of alkyl halides is 3. The normalized spacial score (nSPS) is 11.8. The zero-order chi connectivity index (χ0) is 13.9. The number of furan rings is 1. The summed E-state index contributed by atoms with van der Waals surface area (Å²) in [7, 11) is 0. The van der Waals surface area contributed by atoms with Gasteiger partial charge in [0.2, 0.25) is 0 Å². The fourth-order valence-electron chi connectivity index (χ4n) is 1.77. The van der Waals surface area contributed by atoms with Crippen LogP contribution in [0.4, 0.5) is 13.2 Å². The van der Waals surface area contributed by atoms with Crippen molar-refractivity contribution >= 4 is 0 Å². The summed E-state index contributed by atoms with van der Waals surface area (Å²) in [6, 6.07) is 8.51. The van der Waals surface area contributed by atoms with E-state index in [-0.39, 0.29) is 0 Å². The molecule has 0 radical (unpaired) electrons. The van der Waals surface area contributed by atoms with Gasteiger partial charge in [-0.25, -0.2) is 0 Å². The molecule has 0 saturated carbocycles. The van der Waals surface area contributed by atoms with Gasteiger partial charge in [-0.15, -0.1) is 0 Å². The molecule has 2 nitrogen and oxygen atoms in total. The van der Waals surface area contributed by atoms with E-state index in [1.165, 1.54) is 12.1 Å². The fraction of sp³-hybridized carbons (Fsp3) is 0.286. The highest BCUT2D eigenvalue weighted by Gasteiger charge is 2.30. The second kappa shape index (κ2) is 5.48. The Bertz CT molecular complexity index is 528. The lowest BCUT2D eigenvalue weighted by molar-refractivity contribution is -0.137. The van der Waals surface area contributed by atoms with Crippen molar-refractivity contribution in [3.63, 3.8) is 0 Å². The maximum atomic E-state index is 12.4. The Labute approximate surface area is 109 Å². The average Bonchev–Trinajstić information content (AvgIpc) is 2.84. The van der Waals surface area contributed by atoms with E-state index < -0.39 is 11.7 Å². The van der Waals surface area contributed by atoms with Crippen LogP contribution in [0.2, 0.25) is 0 Å². The van der Waals surface area contributed by atoms with Crippen LogP contribution in [-0.4, -0.2) is 6.54 Å². The number of rotatable bonds is 4. The molecule has 5 heteroatoms. The van der Waals surface area contributed by atoms with E-state index in [9.17, 15) is 13.2 Å². The summed E-state index contributed by atoms with van der Waals surface area (Å²) in [6.07, 6.45) is -2.76. The van der Waals surface area contributed by atoms with Crippen molar-refractivity contribution in [3.8, 4) is 11.3 Å². The highest BCUT2D eigenvalue weighted by molar-refractivity contribution is 5.58. The highest BCUT2D eigenvalue weighted by atomic mass is 19.4. The quantitative estimate of drug-likeness (QED) is 0.915. The van der Waals surface area contributed by atoms with Crippen molar-refractivity contribution in [1.29, 1.82) is 0 Å². The lowest BCUT2D eigenvalue weighted by atomic mass is 10.1. The Morgan fingerprint density at radius 3 is 2.26 bits per heavy atom. The van der Waals surface area contributed by atoms with Crippen molar-refractivity contribution < 1.29 is 17.6 Å². The second-order valence-electron chi connectivity index (χ2n) is 4.23. The van der Waals surface area contributed by atoms with Crippen LogP contribution in [0.1, 0.15) is 17.7 Å². The molecule has 0 atom stereocenters. The molecule has 0 unspecified atom stereocenters. The predicted octanol–water partition coefficient (Wildman–Crippen LogP) is 3.86. The SMILES string of the molecule is NCCCc1ccc(-c2ccc(C(F)(F)F)cc2)o1. The minimum Gasteiger partial charge on any atom is -0.461 e. The molecule has 0 bridgehead atoms. The first kappa shape index (κ1) is 13.7. The lowest BCUT2D eigenvalue weighted by Crippen LogP contribution is -2.03. The molecule has 2 N–H and O–H groups in total. The zero-order valence-corrected chi connectivity index (χ0v) is 10.2. The van der Waals surface area contributed by atoms with Gasteiger partial charge in [-0.2, -0.15) is 13.2 Å². The van der Waals surface area contributed by atoms with E-state index in [4.69, 9.17) is 10.2 Å². The van der Waals surface area contributed by atoms with Gasteiger partial charge in [-0.05, 0) is 37.2 Å². The molecule has 0 saturated heterocycles. The maximum absolute atomic E-state index is 12.4. The minimum atomic E-state index is -4.31. The van der Waals surface area contributed by atoms with Crippen molar-refractivity contribution in [1.82, 2.24) is 0 Å². The number of benzene rings is 1. The number of hydrogen-bond donors (Lipinski definition) is 1. The number of nitrogens with two attached hydrogens (primary N) is 1. The van der Waals surface area contributed by atoms with Gasteiger partial charge < -0.3 is 10.2 Å². The molecule has 1 aromatic carbocycles. The number of hydrogen-bond acceptors (Lipinski definition) is 2. The van der Waals surface area contributed by atoms with E-state index in [1.54, 1.807) is 6.07 Å². The van der Waals surface area contributed by atoms with Crippen LogP contribution >= 0.6 is 0 Å². The summed E-state index contributed by atoms with van der Waals surface area (Å²) >= 11 is 0. The molecule has 0 fully saturated rings. The molecule has 0 aliphatic rings. The molecule has 0 aliphatic carbocycles. The first-order chi connectivity index (χ1) is 9.00. The molecule has 2 rings (SSSR count). The molecule has 1 aromatic heterocycles. The smallest absolute Gasteiger partial charge is 0.416 e.